The van der Waals surface area contributed by atoms with Gasteiger partial charge in [0.2, 0.25) is 5.91 Å². The highest BCUT2D eigenvalue weighted by Gasteiger charge is 2.35. The van der Waals surface area contributed by atoms with E-state index in [1.54, 1.807) is 29.2 Å². The quantitative estimate of drug-likeness (QED) is 0.914. The summed E-state index contributed by atoms with van der Waals surface area (Å²) < 4.78 is 41.0. The molecule has 0 spiro atoms. The number of nitrogens with one attached hydrogen (secondary N) is 1. The lowest BCUT2D eigenvalue weighted by molar-refractivity contribution is -0.321. The highest BCUT2D eigenvalue weighted by atomic mass is 19.4. The van der Waals surface area contributed by atoms with E-state index in [0.29, 0.717) is 5.65 Å². The van der Waals surface area contributed by atoms with Crippen molar-refractivity contribution in [2.45, 2.75) is 25.2 Å². The molecule has 3 rings (SSSR count). The molecule has 1 saturated carbocycles. The van der Waals surface area contributed by atoms with Crippen LogP contribution in [0, 0.1) is 5.92 Å². The van der Waals surface area contributed by atoms with Gasteiger partial charge >= 0.3 is 6.36 Å². The van der Waals surface area contributed by atoms with Crippen molar-refractivity contribution in [1.29, 1.82) is 0 Å². The Morgan fingerprint density at radius 3 is 2.95 bits per heavy atom. The summed E-state index contributed by atoms with van der Waals surface area (Å²) in [7, 11) is 0. The van der Waals surface area contributed by atoms with Gasteiger partial charge in [-0.15, -0.1) is 13.2 Å². The van der Waals surface area contributed by atoms with Gasteiger partial charge in [0, 0.05) is 12.4 Å². The van der Waals surface area contributed by atoms with Crippen LogP contribution in [0.4, 0.5) is 13.2 Å². The molecule has 1 fully saturated rings. The summed E-state index contributed by atoms with van der Waals surface area (Å²) in [5.74, 6) is -0.605. The van der Waals surface area contributed by atoms with Crippen LogP contribution in [0.1, 0.15) is 24.4 Å². The van der Waals surface area contributed by atoms with E-state index in [2.05, 4.69) is 20.1 Å². The predicted molar refractivity (Wildman–Crippen MR) is 68.6 cm³/mol. The lowest BCUT2D eigenvalue weighted by atomic mass is 10.1. The number of hydrogen-bond acceptors (Lipinski definition) is 4. The largest absolute Gasteiger partial charge is 0.523 e. The average molecular weight is 314 g/mol. The molecule has 1 aliphatic rings. The maximum atomic E-state index is 12.0. The smallest absolute Gasteiger partial charge is 0.347 e. The Bertz CT molecular complexity index is 681. The van der Waals surface area contributed by atoms with Gasteiger partial charge in [0.15, 0.2) is 5.65 Å². The molecule has 6 nitrogen and oxygen atoms in total. The molecule has 1 N–H and O–H groups in total. The number of nitrogens with zero attached hydrogens (tertiary/aromatic N) is 3. The first-order valence-electron chi connectivity index (χ1n) is 6.72. The minimum Gasteiger partial charge on any atom is -0.347 e. The standard InChI is InChI=1S/C13H13F3N4O2/c14-13(15,16)22-7-11(21)19-12(8-1-2-8)9-5-10-17-3-4-20(10)18-6-9/h3-6,8,12H,1-2,7H2,(H,19,21)/t12-/m1/s1. The van der Waals surface area contributed by atoms with Gasteiger partial charge in [-0.3, -0.25) is 9.53 Å². The Morgan fingerprint density at radius 1 is 1.50 bits per heavy atom. The molecule has 0 radical (unpaired) electrons. The van der Waals surface area contributed by atoms with Gasteiger partial charge in [-0.05, 0) is 30.4 Å². The number of alkyl halides is 3. The van der Waals surface area contributed by atoms with Crippen LogP contribution in [0.2, 0.25) is 0 Å². The van der Waals surface area contributed by atoms with Crippen molar-refractivity contribution in [3.63, 3.8) is 0 Å². The zero-order chi connectivity index (χ0) is 15.7. The van der Waals surface area contributed by atoms with Crippen molar-refractivity contribution in [1.82, 2.24) is 19.9 Å². The average Bonchev–Trinajstić information content (AvgIpc) is 3.18. The van der Waals surface area contributed by atoms with Crippen LogP contribution in [0.15, 0.2) is 24.7 Å². The normalized spacial score (nSPS) is 16.7. The van der Waals surface area contributed by atoms with Gasteiger partial charge in [0.1, 0.15) is 6.61 Å². The number of imidazole rings is 1. The van der Waals surface area contributed by atoms with Crippen LogP contribution in [-0.2, 0) is 9.53 Å². The summed E-state index contributed by atoms with van der Waals surface area (Å²) in [5.41, 5.74) is 1.34. The zero-order valence-electron chi connectivity index (χ0n) is 11.4. The van der Waals surface area contributed by atoms with E-state index in [-0.39, 0.29) is 12.0 Å². The predicted octanol–water partition coefficient (Wildman–Crippen LogP) is 1.83. The first-order chi connectivity index (χ1) is 10.4. The van der Waals surface area contributed by atoms with Crippen LogP contribution >= 0.6 is 0 Å². The van der Waals surface area contributed by atoms with Crippen LogP contribution in [0.3, 0.4) is 0 Å². The van der Waals surface area contributed by atoms with Crippen LogP contribution in [0.25, 0.3) is 5.65 Å². The molecule has 22 heavy (non-hydrogen) atoms. The fourth-order valence-electron chi connectivity index (χ4n) is 2.26. The molecule has 2 aromatic rings. The fourth-order valence-corrected chi connectivity index (χ4v) is 2.26. The van der Waals surface area contributed by atoms with E-state index < -0.39 is 18.9 Å². The maximum absolute atomic E-state index is 12.0. The van der Waals surface area contributed by atoms with E-state index in [1.807, 2.05) is 0 Å². The Hall–Kier alpha value is -2.16. The number of hydrogen-bond donors (Lipinski definition) is 1. The molecule has 1 amide bonds. The molecule has 0 aromatic carbocycles. The highest BCUT2D eigenvalue weighted by molar-refractivity contribution is 5.77. The van der Waals surface area contributed by atoms with Gasteiger partial charge in [0.25, 0.3) is 0 Å². The SMILES string of the molecule is O=C(COC(F)(F)F)N[C@@H](c1cnn2ccnc2c1)C1CC1. The van der Waals surface area contributed by atoms with Gasteiger partial charge in [-0.2, -0.15) is 5.10 Å². The third kappa shape index (κ3) is 3.53. The second kappa shape index (κ2) is 5.56. The fraction of sp³-hybridized carbons (Fsp3) is 0.462. The van der Waals surface area contributed by atoms with Crippen molar-refractivity contribution in [2.75, 3.05) is 6.61 Å². The topological polar surface area (TPSA) is 68.5 Å². The number of rotatable bonds is 5. The minimum absolute atomic E-state index is 0.203. The number of carbonyl (C=O) groups is 1. The molecule has 118 valence electrons. The third-order valence-corrected chi connectivity index (χ3v) is 3.41. The van der Waals surface area contributed by atoms with Crippen molar-refractivity contribution < 1.29 is 22.7 Å². The van der Waals surface area contributed by atoms with Crippen LogP contribution in [-0.4, -0.2) is 33.5 Å². The first kappa shape index (κ1) is 14.8. The van der Waals surface area contributed by atoms with E-state index in [9.17, 15) is 18.0 Å². The number of fused-ring (bicyclic) bond motifs is 1. The third-order valence-electron chi connectivity index (χ3n) is 3.41. The Balaban J connectivity index is 1.71. The van der Waals surface area contributed by atoms with E-state index in [4.69, 9.17) is 0 Å². The molecule has 0 aliphatic heterocycles. The molecule has 0 saturated heterocycles. The number of carbonyl (C=O) groups excluding carboxylic acids is 1. The van der Waals surface area contributed by atoms with E-state index >= 15 is 0 Å². The zero-order valence-corrected chi connectivity index (χ0v) is 11.4. The molecule has 2 aromatic heterocycles. The first-order valence-corrected chi connectivity index (χ1v) is 6.72. The second-order valence-corrected chi connectivity index (χ2v) is 5.14. The van der Waals surface area contributed by atoms with Crippen molar-refractivity contribution in [3.05, 3.63) is 30.2 Å². The van der Waals surface area contributed by atoms with Crippen LogP contribution < -0.4 is 5.32 Å². The van der Waals surface area contributed by atoms with E-state index in [0.717, 1.165) is 18.4 Å². The Labute approximate surface area is 123 Å². The van der Waals surface area contributed by atoms with Gasteiger partial charge < -0.3 is 5.32 Å². The van der Waals surface area contributed by atoms with Crippen molar-refractivity contribution in [2.24, 2.45) is 5.92 Å². The number of aromatic nitrogens is 3. The molecule has 0 bridgehead atoms. The molecule has 1 atom stereocenters. The summed E-state index contributed by atoms with van der Waals surface area (Å²) in [5, 5.41) is 6.74. The molecular formula is C13H13F3N4O2. The van der Waals surface area contributed by atoms with Crippen LogP contribution in [0.5, 0.6) is 0 Å². The lowest BCUT2D eigenvalue weighted by Crippen LogP contribution is -2.34. The van der Waals surface area contributed by atoms with Gasteiger partial charge in [0.05, 0.1) is 12.2 Å². The number of amides is 1. The summed E-state index contributed by atoms with van der Waals surface area (Å²) in [6.07, 6.45) is 1.86. The molecule has 9 heteroatoms. The summed E-state index contributed by atoms with van der Waals surface area (Å²) in [6.45, 7) is -1.05. The minimum atomic E-state index is -4.82. The lowest BCUT2D eigenvalue weighted by Gasteiger charge is -2.18. The molecular weight excluding hydrogens is 301 g/mol. The highest BCUT2D eigenvalue weighted by Crippen LogP contribution is 2.41. The van der Waals surface area contributed by atoms with Gasteiger partial charge in [-0.1, -0.05) is 0 Å². The monoisotopic (exact) mass is 314 g/mol. The Kier molecular flexibility index (Phi) is 3.73. The molecule has 1 aliphatic carbocycles. The van der Waals surface area contributed by atoms with E-state index in [1.165, 1.54) is 0 Å². The summed E-state index contributed by atoms with van der Waals surface area (Å²) >= 11 is 0. The molecule has 2 heterocycles. The summed E-state index contributed by atoms with van der Waals surface area (Å²) in [4.78, 5) is 15.7. The Morgan fingerprint density at radius 2 is 2.27 bits per heavy atom. The number of halogens is 3. The maximum Gasteiger partial charge on any atom is 0.523 e. The molecule has 0 unspecified atom stereocenters. The number of ether oxygens (including phenoxy) is 1. The summed E-state index contributed by atoms with van der Waals surface area (Å²) in [6, 6.07) is 1.39. The van der Waals surface area contributed by atoms with Crippen molar-refractivity contribution >= 4 is 11.6 Å². The second-order valence-electron chi connectivity index (χ2n) is 5.14. The van der Waals surface area contributed by atoms with Crippen molar-refractivity contribution in [3.8, 4) is 0 Å². The van der Waals surface area contributed by atoms with Gasteiger partial charge in [-0.25, -0.2) is 9.50 Å².